The summed E-state index contributed by atoms with van der Waals surface area (Å²) in [6.45, 7) is 11.9. The van der Waals surface area contributed by atoms with Crippen LogP contribution in [0.3, 0.4) is 0 Å². The molecule has 0 aromatic heterocycles. The van der Waals surface area contributed by atoms with Crippen LogP contribution in [0, 0.1) is 5.92 Å². The molecule has 0 heterocycles. The normalized spacial score (nSPS) is 12.6. The number of hydrogen-bond donors (Lipinski definition) is 6. The molecule has 0 spiro atoms. The number of esters is 1. The zero-order chi connectivity index (χ0) is 35.9. The average Bonchev–Trinajstić information content (AvgIpc) is 2.94. The minimum atomic E-state index is -1.01. The van der Waals surface area contributed by atoms with Crippen molar-refractivity contribution >= 4 is 47.3 Å². The molecule has 6 amide bonds. The predicted molar refractivity (Wildman–Crippen MR) is 171 cm³/mol. The molecule has 0 fully saturated rings. The number of anilines is 1. The van der Waals surface area contributed by atoms with E-state index in [0.717, 1.165) is 0 Å². The molecule has 0 aliphatic heterocycles. The molecule has 1 rings (SSSR count). The van der Waals surface area contributed by atoms with Crippen LogP contribution in [0.25, 0.3) is 0 Å². The molecule has 0 bridgehead atoms. The SMILES string of the molecule is COC(C(=O)OC(C)(C)C)c1ccc(NC(=O)CNC(=O)[C@@H](NC(=O)CNC(=O)CNC(=O)CNC(=O)OC(C)(C)C)C(C)C)cc1. The number of carbonyl (C=O) groups excluding carboxylic acids is 7. The van der Waals surface area contributed by atoms with E-state index in [4.69, 9.17) is 14.2 Å². The Hall–Kier alpha value is -4.73. The van der Waals surface area contributed by atoms with E-state index >= 15 is 0 Å². The minimum absolute atomic E-state index is 0.360. The first-order valence-corrected chi connectivity index (χ1v) is 14.9. The second-order valence-corrected chi connectivity index (χ2v) is 12.7. The van der Waals surface area contributed by atoms with E-state index in [1.807, 2.05) is 0 Å². The zero-order valence-corrected chi connectivity index (χ0v) is 28.5. The molecule has 16 nitrogen and oxygen atoms in total. The maximum Gasteiger partial charge on any atom is 0.408 e. The summed E-state index contributed by atoms with van der Waals surface area (Å²) in [7, 11) is 1.38. The van der Waals surface area contributed by atoms with E-state index in [0.29, 0.717) is 11.3 Å². The van der Waals surface area contributed by atoms with Crippen LogP contribution in [0.2, 0.25) is 0 Å². The molecule has 262 valence electrons. The van der Waals surface area contributed by atoms with Crippen LogP contribution < -0.4 is 31.9 Å². The lowest BCUT2D eigenvalue weighted by atomic mass is 10.0. The van der Waals surface area contributed by atoms with E-state index in [1.54, 1.807) is 79.7 Å². The van der Waals surface area contributed by atoms with Crippen LogP contribution >= 0.6 is 0 Å². The highest BCUT2D eigenvalue weighted by Crippen LogP contribution is 2.23. The molecule has 2 atom stereocenters. The standard InChI is InChI=1S/C31H48N6O10/c1-18(2)25(37-24(41)16-33-21(38)14-32-22(39)15-35-29(44)47-31(6,7)8)27(42)34-17-23(40)36-20-12-10-19(11-13-20)26(45-9)28(43)46-30(3,4)5/h10-13,18,25-26H,14-17H2,1-9H3,(H,32,39)(H,33,38)(H,34,42)(H,35,44)(H,36,40)(H,37,41)/t25-,26?/m0/s1. The number of methoxy groups -OCH3 is 1. The van der Waals surface area contributed by atoms with Gasteiger partial charge >= 0.3 is 12.1 Å². The lowest BCUT2D eigenvalue weighted by Crippen LogP contribution is -2.53. The van der Waals surface area contributed by atoms with Crippen LogP contribution in [-0.4, -0.2) is 92.1 Å². The van der Waals surface area contributed by atoms with Gasteiger partial charge in [0.2, 0.25) is 29.5 Å². The summed E-state index contributed by atoms with van der Waals surface area (Å²) in [5.41, 5.74) is -0.489. The molecule has 6 N–H and O–H groups in total. The van der Waals surface area contributed by atoms with Crippen LogP contribution in [0.4, 0.5) is 10.5 Å². The van der Waals surface area contributed by atoms with Crippen molar-refractivity contribution in [3.05, 3.63) is 29.8 Å². The number of benzene rings is 1. The maximum absolute atomic E-state index is 12.8. The summed E-state index contributed by atoms with van der Waals surface area (Å²) < 4.78 is 15.7. The smallest absolute Gasteiger partial charge is 0.408 e. The molecule has 16 heteroatoms. The fourth-order valence-corrected chi connectivity index (χ4v) is 3.66. The van der Waals surface area contributed by atoms with E-state index in [-0.39, 0.29) is 5.92 Å². The Morgan fingerprint density at radius 3 is 1.64 bits per heavy atom. The van der Waals surface area contributed by atoms with Gasteiger partial charge in [-0.1, -0.05) is 26.0 Å². The molecule has 0 aliphatic rings. The fraction of sp³-hybridized carbons (Fsp3) is 0.581. The van der Waals surface area contributed by atoms with Gasteiger partial charge < -0.3 is 46.1 Å². The molecular weight excluding hydrogens is 616 g/mol. The number of carbonyl (C=O) groups is 7. The van der Waals surface area contributed by atoms with Gasteiger partial charge in [-0.05, 0) is 65.2 Å². The monoisotopic (exact) mass is 664 g/mol. The topological polar surface area (TPSA) is 219 Å². The van der Waals surface area contributed by atoms with Crippen molar-refractivity contribution in [3.63, 3.8) is 0 Å². The Labute approximate surface area is 274 Å². The van der Waals surface area contributed by atoms with Gasteiger partial charge in [0.1, 0.15) is 23.8 Å². The molecule has 47 heavy (non-hydrogen) atoms. The Kier molecular flexibility index (Phi) is 15.8. The first-order valence-electron chi connectivity index (χ1n) is 14.9. The van der Waals surface area contributed by atoms with Crippen LogP contribution in [0.1, 0.15) is 67.1 Å². The summed E-state index contributed by atoms with van der Waals surface area (Å²) in [5.74, 6) is -4.06. The Morgan fingerprint density at radius 2 is 1.15 bits per heavy atom. The minimum Gasteiger partial charge on any atom is -0.458 e. The van der Waals surface area contributed by atoms with E-state index in [1.165, 1.54) is 7.11 Å². The third-order valence-corrected chi connectivity index (χ3v) is 5.73. The summed E-state index contributed by atoms with van der Waals surface area (Å²) in [5, 5.41) is 14.5. The van der Waals surface area contributed by atoms with Crippen molar-refractivity contribution in [3.8, 4) is 0 Å². The largest absolute Gasteiger partial charge is 0.458 e. The quantitative estimate of drug-likeness (QED) is 0.144. The number of nitrogens with one attached hydrogen (secondary N) is 6. The van der Waals surface area contributed by atoms with Crippen molar-refractivity contribution in [1.29, 1.82) is 0 Å². The van der Waals surface area contributed by atoms with Crippen molar-refractivity contribution in [2.24, 2.45) is 5.92 Å². The van der Waals surface area contributed by atoms with E-state index < -0.39 is 91.1 Å². The Bertz CT molecular complexity index is 1270. The van der Waals surface area contributed by atoms with Crippen molar-refractivity contribution in [2.45, 2.75) is 78.7 Å². The first kappa shape index (κ1) is 40.3. The highest BCUT2D eigenvalue weighted by molar-refractivity contribution is 5.96. The van der Waals surface area contributed by atoms with E-state index in [9.17, 15) is 33.6 Å². The van der Waals surface area contributed by atoms with Crippen LogP contribution in [0.5, 0.6) is 0 Å². The molecule has 1 unspecified atom stereocenters. The van der Waals surface area contributed by atoms with Gasteiger partial charge in [0, 0.05) is 12.8 Å². The van der Waals surface area contributed by atoms with Crippen LogP contribution in [0.15, 0.2) is 24.3 Å². The molecule has 0 saturated carbocycles. The van der Waals surface area contributed by atoms with Gasteiger partial charge in [-0.15, -0.1) is 0 Å². The van der Waals surface area contributed by atoms with Gasteiger partial charge in [-0.2, -0.15) is 0 Å². The van der Waals surface area contributed by atoms with Crippen molar-refractivity contribution in [2.75, 3.05) is 38.6 Å². The number of rotatable bonds is 15. The highest BCUT2D eigenvalue weighted by atomic mass is 16.6. The van der Waals surface area contributed by atoms with Gasteiger partial charge in [0.25, 0.3) is 0 Å². The van der Waals surface area contributed by atoms with Gasteiger partial charge in [0.05, 0.1) is 19.6 Å². The summed E-state index contributed by atoms with van der Waals surface area (Å²) >= 11 is 0. The lowest BCUT2D eigenvalue weighted by molar-refractivity contribution is -0.167. The molecule has 0 saturated heterocycles. The molecule has 1 aromatic carbocycles. The third-order valence-electron chi connectivity index (χ3n) is 5.73. The van der Waals surface area contributed by atoms with Gasteiger partial charge in [0.15, 0.2) is 6.10 Å². The number of hydrogen-bond acceptors (Lipinski definition) is 10. The Morgan fingerprint density at radius 1 is 0.660 bits per heavy atom. The number of amides is 6. The second kappa shape index (κ2) is 18.4. The summed E-state index contributed by atoms with van der Waals surface area (Å²) in [6, 6.07) is 5.34. The zero-order valence-electron chi connectivity index (χ0n) is 28.5. The summed E-state index contributed by atoms with van der Waals surface area (Å²) in [6.07, 6.45) is -1.74. The van der Waals surface area contributed by atoms with Crippen LogP contribution in [-0.2, 0) is 43.0 Å². The first-order chi connectivity index (χ1) is 21.7. The average molecular weight is 665 g/mol. The van der Waals surface area contributed by atoms with Crippen molar-refractivity contribution in [1.82, 2.24) is 26.6 Å². The Balaban J connectivity index is 2.51. The predicted octanol–water partition coefficient (Wildman–Crippen LogP) is 0.668. The van der Waals surface area contributed by atoms with E-state index in [2.05, 4.69) is 31.9 Å². The van der Waals surface area contributed by atoms with Crippen molar-refractivity contribution < 1.29 is 47.8 Å². The van der Waals surface area contributed by atoms with Gasteiger partial charge in [-0.25, -0.2) is 9.59 Å². The molecule has 0 aliphatic carbocycles. The van der Waals surface area contributed by atoms with Gasteiger partial charge in [-0.3, -0.25) is 24.0 Å². The highest BCUT2D eigenvalue weighted by Gasteiger charge is 2.27. The molecule has 0 radical (unpaired) electrons. The lowest BCUT2D eigenvalue weighted by Gasteiger charge is -2.23. The number of ether oxygens (including phenoxy) is 3. The second-order valence-electron chi connectivity index (χ2n) is 12.7. The summed E-state index contributed by atoms with van der Waals surface area (Å²) in [4.78, 5) is 85.5. The maximum atomic E-state index is 12.8. The fourth-order valence-electron chi connectivity index (χ4n) is 3.66. The number of alkyl carbamates (subject to hydrolysis) is 1. The third kappa shape index (κ3) is 17.0. The molecule has 1 aromatic rings. The molecular formula is C31H48N6O10.